The van der Waals surface area contributed by atoms with E-state index in [1.54, 1.807) is 13.8 Å². The number of aliphatic hydroxyl groups is 7. The van der Waals surface area contributed by atoms with Gasteiger partial charge in [-0.3, -0.25) is 4.79 Å². The van der Waals surface area contributed by atoms with Gasteiger partial charge < -0.3 is 50.0 Å². The first-order valence-electron chi connectivity index (χ1n) is 17.6. The summed E-state index contributed by atoms with van der Waals surface area (Å²) < 4.78 is 11.4. The maximum atomic E-state index is 14.5. The number of aliphatic hydroxyl groups excluding tert-OH is 6. The molecule has 11 nitrogen and oxygen atoms in total. The van der Waals surface area contributed by atoms with Gasteiger partial charge in [0, 0.05) is 5.92 Å². The summed E-state index contributed by atoms with van der Waals surface area (Å²) in [6, 6.07) is 0. The highest BCUT2D eigenvalue weighted by Gasteiger charge is 2.72. The van der Waals surface area contributed by atoms with E-state index in [9.17, 15) is 45.3 Å². The minimum atomic E-state index is -1.73. The third kappa shape index (κ3) is 4.52. The highest BCUT2D eigenvalue weighted by molar-refractivity contribution is 5.79. The van der Waals surface area contributed by atoms with E-state index in [1.165, 1.54) is 0 Å². The number of ether oxygens (including phenoxy) is 2. The summed E-state index contributed by atoms with van der Waals surface area (Å²) in [4.78, 5) is 27.0. The molecule has 0 aromatic heterocycles. The number of hydrogen-bond donors (Lipinski definition) is 7. The molecular weight excluding hydrogens is 608 g/mol. The maximum Gasteiger partial charge on any atom is 0.315 e. The summed E-state index contributed by atoms with van der Waals surface area (Å²) >= 11 is 0. The number of hydrogen-bond acceptors (Lipinski definition) is 11. The molecule has 6 aliphatic rings. The highest BCUT2D eigenvalue weighted by Crippen LogP contribution is 2.76. The van der Waals surface area contributed by atoms with E-state index in [4.69, 9.17) is 9.47 Å². The van der Waals surface area contributed by atoms with Crippen molar-refractivity contribution in [3.63, 3.8) is 0 Å². The number of rotatable bonds is 4. The summed E-state index contributed by atoms with van der Waals surface area (Å²) in [5.41, 5.74) is -3.68. The zero-order valence-corrected chi connectivity index (χ0v) is 28.6. The summed E-state index contributed by atoms with van der Waals surface area (Å²) in [6.45, 7) is 11.6. The van der Waals surface area contributed by atoms with Crippen LogP contribution in [0.25, 0.3) is 0 Å². The van der Waals surface area contributed by atoms with Gasteiger partial charge in [0.1, 0.15) is 30.7 Å². The second-order valence-electron chi connectivity index (χ2n) is 17.4. The fourth-order valence-electron chi connectivity index (χ4n) is 12.2. The molecule has 17 atom stereocenters. The first kappa shape index (κ1) is 35.4. The summed E-state index contributed by atoms with van der Waals surface area (Å²) in [7, 11) is 0. The molecule has 1 heterocycles. The van der Waals surface area contributed by atoms with Crippen LogP contribution in [0.1, 0.15) is 92.9 Å². The minimum absolute atomic E-state index is 0.0726. The molecule has 5 aliphatic carbocycles. The Morgan fingerprint density at radius 3 is 2.28 bits per heavy atom. The van der Waals surface area contributed by atoms with Crippen molar-refractivity contribution >= 4 is 12.3 Å². The molecule has 1 aliphatic heterocycles. The first-order valence-corrected chi connectivity index (χ1v) is 17.6. The number of aldehydes is 1. The average Bonchev–Trinajstić information content (AvgIpc) is 3.02. The SMILES string of the molecule is C[C@@H]1CC[C@]2(C(=O)O[C@H]3O[C@H](CO)[C@@H](O)[C@H](O)[C@H]3O)CC[C@]3(C)C(=CC[C@@H]4[C@@]5(C)C[C@@H](O)[C@H](O)[C@](C)(C=O)[C@@H]5CC[C@]43C)[C@@H]2[C@]1(C)O. The maximum absolute atomic E-state index is 14.5. The lowest BCUT2D eigenvalue weighted by Crippen LogP contribution is -2.69. The van der Waals surface area contributed by atoms with Gasteiger partial charge in [-0.25, -0.2) is 0 Å². The molecule has 0 amide bonds. The Balaban J connectivity index is 1.40. The summed E-state index contributed by atoms with van der Waals surface area (Å²) in [5.74, 6) is -1.43. The molecule has 0 unspecified atom stereocenters. The van der Waals surface area contributed by atoms with Crippen LogP contribution in [0.3, 0.4) is 0 Å². The van der Waals surface area contributed by atoms with Crippen LogP contribution in [-0.4, -0.2) is 103 Å². The molecule has 7 N–H and O–H groups in total. The number of fused-ring (bicyclic) bond motifs is 7. The molecule has 0 aromatic carbocycles. The molecule has 4 saturated carbocycles. The van der Waals surface area contributed by atoms with Crippen molar-refractivity contribution in [2.24, 2.45) is 50.7 Å². The quantitative estimate of drug-likeness (QED) is 0.131. The van der Waals surface area contributed by atoms with Crippen molar-refractivity contribution in [3.05, 3.63) is 11.6 Å². The summed E-state index contributed by atoms with van der Waals surface area (Å²) in [5, 5.41) is 75.5. The van der Waals surface area contributed by atoms with Crippen LogP contribution in [0.4, 0.5) is 0 Å². The van der Waals surface area contributed by atoms with Crippen LogP contribution in [0.5, 0.6) is 0 Å². The summed E-state index contributed by atoms with van der Waals surface area (Å²) in [6.07, 6.45) is -2.41. The van der Waals surface area contributed by atoms with E-state index in [1.807, 2.05) is 6.92 Å². The number of allylic oxidation sites excluding steroid dienone is 1. The van der Waals surface area contributed by atoms with Crippen molar-refractivity contribution in [2.45, 2.75) is 141 Å². The van der Waals surface area contributed by atoms with E-state index >= 15 is 0 Å². The van der Waals surface area contributed by atoms with E-state index in [0.29, 0.717) is 44.9 Å². The lowest BCUT2D eigenvalue weighted by molar-refractivity contribution is -0.299. The van der Waals surface area contributed by atoms with Gasteiger partial charge in [-0.15, -0.1) is 0 Å². The van der Waals surface area contributed by atoms with Crippen LogP contribution in [0.15, 0.2) is 11.6 Å². The van der Waals surface area contributed by atoms with E-state index in [-0.39, 0.29) is 23.2 Å². The molecule has 0 bridgehead atoms. The van der Waals surface area contributed by atoms with Crippen LogP contribution < -0.4 is 0 Å². The zero-order valence-electron chi connectivity index (χ0n) is 28.6. The Labute approximate surface area is 277 Å². The third-order valence-electron chi connectivity index (χ3n) is 15.5. The Hall–Kier alpha value is -1.44. The topological polar surface area (TPSA) is 194 Å². The van der Waals surface area contributed by atoms with Crippen molar-refractivity contribution in [1.82, 2.24) is 0 Å². The Morgan fingerprint density at radius 2 is 1.64 bits per heavy atom. The van der Waals surface area contributed by atoms with Crippen molar-refractivity contribution in [2.75, 3.05) is 6.61 Å². The molecule has 47 heavy (non-hydrogen) atoms. The predicted molar refractivity (Wildman–Crippen MR) is 168 cm³/mol. The standard InChI is InChI=1S/C36H56O11/c1-18-9-12-36(30(44)47-29-26(42)25(41)24(40)21(16-37)46-29)14-13-33(4)19(27(36)35(18,6)45)7-8-23-31(2)15-20(39)28(43)32(3,17-38)22(31)10-11-34(23,33)5/h7,17-18,20-29,37,39-43,45H,8-16H2,1-6H3/t18-,20-,21-,22-,23-,24-,25+,26-,27-,28+,29-,31+,32-,33-,34-,35-,36+/m1/s1. The average molecular weight is 665 g/mol. The number of carbonyl (C=O) groups is 2. The van der Waals surface area contributed by atoms with Gasteiger partial charge in [-0.05, 0) is 92.3 Å². The lowest BCUT2D eigenvalue weighted by Gasteiger charge is -2.71. The second-order valence-corrected chi connectivity index (χ2v) is 17.4. The largest absolute Gasteiger partial charge is 0.432 e. The Morgan fingerprint density at radius 1 is 0.957 bits per heavy atom. The monoisotopic (exact) mass is 664 g/mol. The molecule has 5 fully saturated rings. The van der Waals surface area contributed by atoms with Crippen LogP contribution in [0.2, 0.25) is 0 Å². The molecule has 0 radical (unpaired) electrons. The molecule has 1 saturated heterocycles. The third-order valence-corrected chi connectivity index (χ3v) is 15.5. The van der Waals surface area contributed by atoms with Gasteiger partial charge in [0.2, 0.25) is 6.29 Å². The fraction of sp³-hybridized carbons (Fsp3) is 0.889. The van der Waals surface area contributed by atoms with E-state index in [0.717, 1.165) is 18.3 Å². The lowest BCUT2D eigenvalue weighted by atomic mass is 9.33. The Kier molecular flexibility index (Phi) is 8.50. The predicted octanol–water partition coefficient (Wildman–Crippen LogP) is 1.61. The first-order chi connectivity index (χ1) is 21.8. The van der Waals surface area contributed by atoms with Crippen LogP contribution >= 0.6 is 0 Å². The van der Waals surface area contributed by atoms with Gasteiger partial charge in [0.25, 0.3) is 0 Å². The number of esters is 1. The molecule has 11 heteroatoms. The molecule has 0 spiro atoms. The van der Waals surface area contributed by atoms with Crippen LogP contribution in [-0.2, 0) is 19.1 Å². The molecule has 0 aromatic rings. The minimum Gasteiger partial charge on any atom is -0.432 e. The zero-order chi connectivity index (χ0) is 34.7. The molecular formula is C36H56O11. The normalized spacial score (nSPS) is 57.4. The second kappa shape index (κ2) is 11.3. The molecule has 266 valence electrons. The van der Waals surface area contributed by atoms with Crippen molar-refractivity contribution in [1.29, 1.82) is 0 Å². The van der Waals surface area contributed by atoms with Gasteiger partial charge in [-0.1, -0.05) is 46.3 Å². The number of carbonyl (C=O) groups excluding carboxylic acids is 2. The smallest absolute Gasteiger partial charge is 0.315 e. The van der Waals surface area contributed by atoms with Gasteiger partial charge in [0.05, 0.1) is 35.2 Å². The van der Waals surface area contributed by atoms with Gasteiger partial charge >= 0.3 is 5.97 Å². The Bertz CT molecular complexity index is 1300. The van der Waals surface area contributed by atoms with Crippen LogP contribution in [0, 0.1) is 50.7 Å². The van der Waals surface area contributed by atoms with E-state index in [2.05, 4.69) is 26.8 Å². The van der Waals surface area contributed by atoms with Gasteiger partial charge in [0.15, 0.2) is 0 Å². The molecule has 6 rings (SSSR count). The van der Waals surface area contributed by atoms with E-state index < -0.39 is 88.7 Å². The van der Waals surface area contributed by atoms with Crippen molar-refractivity contribution < 1.29 is 54.8 Å². The highest BCUT2D eigenvalue weighted by atomic mass is 16.7. The fourth-order valence-corrected chi connectivity index (χ4v) is 12.2. The van der Waals surface area contributed by atoms with Gasteiger partial charge in [-0.2, -0.15) is 0 Å². The van der Waals surface area contributed by atoms with Crippen molar-refractivity contribution in [3.8, 4) is 0 Å².